The molecule has 1 fully saturated rings. The normalized spacial score (nSPS) is 14.6. The molecule has 0 radical (unpaired) electrons. The average molecular weight is 453 g/mol. The number of rotatable bonds is 7. The Labute approximate surface area is 199 Å². The van der Waals surface area contributed by atoms with Crippen molar-refractivity contribution in [2.45, 2.75) is 44.6 Å². The van der Waals surface area contributed by atoms with Crippen molar-refractivity contribution in [3.05, 3.63) is 77.9 Å². The average Bonchev–Trinajstić information content (AvgIpc) is 3.44. The van der Waals surface area contributed by atoms with Crippen LogP contribution >= 0.6 is 0 Å². The predicted molar refractivity (Wildman–Crippen MR) is 134 cm³/mol. The van der Waals surface area contributed by atoms with Crippen LogP contribution in [0.3, 0.4) is 0 Å². The van der Waals surface area contributed by atoms with E-state index in [2.05, 4.69) is 27.0 Å². The van der Waals surface area contributed by atoms with Crippen LogP contribution in [0.2, 0.25) is 0 Å². The van der Waals surface area contributed by atoms with Crippen LogP contribution in [0.4, 0.5) is 5.69 Å². The summed E-state index contributed by atoms with van der Waals surface area (Å²) in [6.07, 6.45) is 16.8. The summed E-state index contributed by atoms with van der Waals surface area (Å²) in [5, 5.41) is 5.11. The molecule has 0 bridgehead atoms. The molecule has 3 heterocycles. The Morgan fingerprint density at radius 1 is 1.12 bits per heavy atom. The zero-order valence-corrected chi connectivity index (χ0v) is 19.3. The summed E-state index contributed by atoms with van der Waals surface area (Å²) in [5.74, 6) is 0.761. The molecule has 0 N–H and O–H groups in total. The number of aldehydes is 1. The molecule has 0 saturated heterocycles. The van der Waals surface area contributed by atoms with E-state index < -0.39 is 0 Å². The molecular formula is C27H28N6O. The first kappa shape index (κ1) is 21.9. The number of carbonyl (C=O) groups excluding carboxylic acids is 1. The second-order valence-corrected chi connectivity index (χ2v) is 8.84. The second kappa shape index (κ2) is 9.95. The van der Waals surface area contributed by atoms with Gasteiger partial charge in [-0.2, -0.15) is 5.10 Å². The van der Waals surface area contributed by atoms with Gasteiger partial charge in [-0.1, -0.05) is 25.3 Å². The molecule has 172 valence electrons. The van der Waals surface area contributed by atoms with Gasteiger partial charge in [0.15, 0.2) is 12.1 Å². The summed E-state index contributed by atoms with van der Waals surface area (Å²) in [4.78, 5) is 28.2. The molecule has 5 rings (SSSR count). The number of carbonyl (C=O) groups is 1. The number of nitrogens with zero attached hydrogens (tertiary/aromatic N) is 6. The van der Waals surface area contributed by atoms with E-state index in [1.54, 1.807) is 17.1 Å². The smallest absolute Gasteiger partial charge is 0.153 e. The summed E-state index contributed by atoms with van der Waals surface area (Å²) in [6.45, 7) is 0. The molecule has 0 atom stereocenters. The number of aromatic nitrogens is 4. The van der Waals surface area contributed by atoms with Gasteiger partial charge in [0, 0.05) is 55.2 Å². The molecule has 0 spiro atoms. The minimum atomic E-state index is 0.512. The van der Waals surface area contributed by atoms with Crippen LogP contribution in [-0.2, 0) is 6.42 Å². The predicted octanol–water partition coefficient (Wildman–Crippen LogP) is 5.14. The first-order valence-electron chi connectivity index (χ1n) is 11.8. The van der Waals surface area contributed by atoms with E-state index in [-0.39, 0.29) is 0 Å². The molecule has 0 amide bonds. The van der Waals surface area contributed by atoms with Crippen molar-refractivity contribution in [2.24, 2.45) is 4.99 Å². The maximum absolute atomic E-state index is 12.1. The van der Waals surface area contributed by atoms with E-state index in [1.165, 1.54) is 32.1 Å². The van der Waals surface area contributed by atoms with Gasteiger partial charge in [-0.25, -0.2) is 14.7 Å². The monoisotopic (exact) mass is 452 g/mol. The summed E-state index contributed by atoms with van der Waals surface area (Å²) in [7, 11) is 2.08. The van der Waals surface area contributed by atoms with Gasteiger partial charge in [0.2, 0.25) is 0 Å². The van der Waals surface area contributed by atoms with E-state index in [1.807, 2.05) is 55.1 Å². The van der Waals surface area contributed by atoms with E-state index in [0.717, 1.165) is 34.1 Å². The number of fused-ring (bicyclic) bond motifs is 1. The van der Waals surface area contributed by atoms with Crippen LogP contribution in [0.15, 0.2) is 66.2 Å². The van der Waals surface area contributed by atoms with E-state index >= 15 is 0 Å². The van der Waals surface area contributed by atoms with Crippen LogP contribution < -0.4 is 0 Å². The molecule has 1 aliphatic rings. The molecule has 34 heavy (non-hydrogen) atoms. The fourth-order valence-corrected chi connectivity index (χ4v) is 4.71. The third kappa shape index (κ3) is 4.59. The maximum atomic E-state index is 12.1. The van der Waals surface area contributed by atoms with Crippen molar-refractivity contribution < 1.29 is 4.79 Å². The zero-order valence-electron chi connectivity index (χ0n) is 19.3. The summed E-state index contributed by atoms with van der Waals surface area (Å²) < 4.78 is 1.72. The topological polar surface area (TPSA) is 76.3 Å². The van der Waals surface area contributed by atoms with Gasteiger partial charge in [-0.3, -0.25) is 9.78 Å². The largest absolute Gasteiger partial charge is 0.363 e. The van der Waals surface area contributed by atoms with Crippen LogP contribution in [0.5, 0.6) is 0 Å². The minimum absolute atomic E-state index is 0.512. The van der Waals surface area contributed by atoms with Gasteiger partial charge < -0.3 is 4.90 Å². The molecule has 1 aliphatic carbocycles. The first-order chi connectivity index (χ1) is 16.7. The Bertz CT molecular complexity index is 1290. The van der Waals surface area contributed by atoms with Gasteiger partial charge in [0.1, 0.15) is 0 Å². The number of aliphatic imine (C=N–C) groups is 1. The summed E-state index contributed by atoms with van der Waals surface area (Å²) >= 11 is 0. The SMILES string of the molecule is CN(/C=N\c1c(C=O)cc(Cc2ccc(-n3cccn3)nc2)c2ncccc12)C1CCCCC1. The Balaban J connectivity index is 1.46. The van der Waals surface area contributed by atoms with E-state index in [9.17, 15) is 4.79 Å². The van der Waals surface area contributed by atoms with Crippen molar-refractivity contribution in [3.63, 3.8) is 0 Å². The lowest BCUT2D eigenvalue weighted by Gasteiger charge is -2.29. The molecule has 1 aromatic carbocycles. The Kier molecular flexibility index (Phi) is 6.42. The zero-order chi connectivity index (χ0) is 23.3. The molecule has 7 nitrogen and oxygen atoms in total. The third-order valence-corrected chi connectivity index (χ3v) is 6.56. The van der Waals surface area contributed by atoms with Crippen LogP contribution in [-0.4, -0.2) is 50.4 Å². The highest BCUT2D eigenvalue weighted by Crippen LogP contribution is 2.32. The van der Waals surface area contributed by atoms with Gasteiger partial charge in [-0.15, -0.1) is 0 Å². The van der Waals surface area contributed by atoms with Crippen molar-refractivity contribution in [1.82, 2.24) is 24.6 Å². The molecule has 3 aromatic heterocycles. The third-order valence-electron chi connectivity index (χ3n) is 6.56. The highest BCUT2D eigenvalue weighted by Gasteiger charge is 2.17. The maximum Gasteiger partial charge on any atom is 0.153 e. The fraction of sp³-hybridized carbons (Fsp3) is 0.296. The lowest BCUT2D eigenvalue weighted by atomic mass is 9.95. The fourth-order valence-electron chi connectivity index (χ4n) is 4.71. The highest BCUT2D eigenvalue weighted by atomic mass is 16.1. The number of hydrogen-bond donors (Lipinski definition) is 0. The van der Waals surface area contributed by atoms with E-state index in [4.69, 9.17) is 4.99 Å². The molecular weight excluding hydrogens is 424 g/mol. The van der Waals surface area contributed by atoms with Crippen LogP contribution in [0.25, 0.3) is 16.7 Å². The standard InChI is InChI=1S/C27H28N6O/c1-32(23-7-3-2-4-8-23)19-30-27-22(18-34)16-21(26-24(27)9-5-12-28-26)15-20-10-11-25(29-17-20)33-14-6-13-31-33/h5-6,9-14,16-19,23H,2-4,7-8,15H2,1H3/b30-19-. The molecule has 4 aromatic rings. The van der Waals surface area contributed by atoms with Crippen molar-refractivity contribution in [1.29, 1.82) is 0 Å². The Hall–Kier alpha value is -3.87. The first-order valence-corrected chi connectivity index (χ1v) is 11.8. The van der Waals surface area contributed by atoms with Crippen molar-refractivity contribution >= 4 is 29.2 Å². The van der Waals surface area contributed by atoms with Crippen molar-refractivity contribution in [3.8, 4) is 5.82 Å². The van der Waals surface area contributed by atoms with Crippen LogP contribution in [0, 0.1) is 0 Å². The highest BCUT2D eigenvalue weighted by molar-refractivity contribution is 6.02. The summed E-state index contributed by atoms with van der Waals surface area (Å²) in [5.41, 5.74) is 4.12. The number of benzene rings is 1. The lowest BCUT2D eigenvalue weighted by molar-refractivity contribution is 0.112. The van der Waals surface area contributed by atoms with Gasteiger partial charge >= 0.3 is 0 Å². The Morgan fingerprint density at radius 2 is 2.00 bits per heavy atom. The van der Waals surface area contributed by atoms with E-state index in [0.29, 0.717) is 23.7 Å². The molecule has 1 saturated carbocycles. The Morgan fingerprint density at radius 3 is 2.74 bits per heavy atom. The minimum Gasteiger partial charge on any atom is -0.363 e. The second-order valence-electron chi connectivity index (χ2n) is 8.84. The van der Waals surface area contributed by atoms with Crippen LogP contribution in [0.1, 0.15) is 53.6 Å². The van der Waals surface area contributed by atoms with Gasteiger partial charge in [0.25, 0.3) is 0 Å². The van der Waals surface area contributed by atoms with Gasteiger partial charge in [-0.05, 0) is 54.3 Å². The summed E-state index contributed by atoms with van der Waals surface area (Å²) in [6, 6.07) is 12.2. The number of hydrogen-bond acceptors (Lipinski definition) is 5. The van der Waals surface area contributed by atoms with Crippen molar-refractivity contribution in [2.75, 3.05) is 7.05 Å². The lowest BCUT2D eigenvalue weighted by Crippen LogP contribution is -2.32. The van der Waals surface area contributed by atoms with Gasteiger partial charge in [0.05, 0.1) is 17.5 Å². The quantitative estimate of drug-likeness (QED) is 0.220. The molecule has 0 unspecified atom stereocenters. The number of pyridine rings is 2. The molecule has 0 aliphatic heterocycles. The molecule has 7 heteroatoms.